The third-order valence-corrected chi connectivity index (χ3v) is 4.15. The lowest BCUT2D eigenvalue weighted by molar-refractivity contribution is -0.384. The molecule has 3 rings (SSSR count). The number of carbonyl (C=O) groups excluding carboxylic acids is 1. The summed E-state index contributed by atoms with van der Waals surface area (Å²) in [6.07, 6.45) is 0. The molecule has 2 aromatic carbocycles. The van der Waals surface area contributed by atoms with Crippen molar-refractivity contribution in [1.29, 1.82) is 0 Å². The van der Waals surface area contributed by atoms with Crippen molar-refractivity contribution in [3.05, 3.63) is 70.3 Å². The summed E-state index contributed by atoms with van der Waals surface area (Å²) in [4.78, 5) is 30.0. The Kier molecular flexibility index (Phi) is 7.03. The third-order valence-electron chi connectivity index (χ3n) is 4.15. The van der Waals surface area contributed by atoms with Gasteiger partial charge in [-0.1, -0.05) is 36.4 Å². The van der Waals surface area contributed by atoms with E-state index in [2.05, 4.69) is 10.3 Å². The molecule has 7 nitrogen and oxygen atoms in total. The molecule has 0 radical (unpaired) electrons. The van der Waals surface area contributed by atoms with E-state index in [9.17, 15) is 14.9 Å². The Labute approximate surface area is 168 Å². The lowest BCUT2D eigenvalue weighted by Crippen LogP contribution is -2.31. The van der Waals surface area contributed by atoms with Crippen LogP contribution in [0, 0.1) is 10.1 Å². The average molecular weight is 401 g/mol. The Morgan fingerprint density at radius 2 is 1.86 bits per heavy atom. The van der Waals surface area contributed by atoms with Crippen LogP contribution in [-0.2, 0) is 0 Å². The molecule has 0 spiro atoms. The Hall–Kier alpha value is -3.03. The van der Waals surface area contributed by atoms with Crippen molar-refractivity contribution in [3.63, 3.8) is 0 Å². The van der Waals surface area contributed by atoms with Crippen LogP contribution in [0.4, 0.5) is 5.69 Å². The fourth-order valence-corrected chi connectivity index (χ4v) is 2.76. The van der Waals surface area contributed by atoms with Crippen LogP contribution >= 0.6 is 12.4 Å². The quantitative estimate of drug-likeness (QED) is 0.505. The summed E-state index contributed by atoms with van der Waals surface area (Å²) in [5.74, 6) is -0.372. The molecule has 0 aliphatic heterocycles. The molecule has 8 heteroatoms. The highest BCUT2D eigenvalue weighted by Crippen LogP contribution is 2.27. The van der Waals surface area contributed by atoms with E-state index >= 15 is 0 Å². The van der Waals surface area contributed by atoms with Gasteiger partial charge in [-0.3, -0.25) is 14.9 Å². The molecule has 0 aliphatic carbocycles. The zero-order valence-electron chi connectivity index (χ0n) is 15.6. The van der Waals surface area contributed by atoms with Crippen LogP contribution in [0.1, 0.15) is 10.4 Å². The van der Waals surface area contributed by atoms with Crippen molar-refractivity contribution < 1.29 is 9.72 Å². The van der Waals surface area contributed by atoms with Gasteiger partial charge < -0.3 is 10.2 Å². The number of nitrogens with zero attached hydrogens (tertiary/aromatic N) is 3. The summed E-state index contributed by atoms with van der Waals surface area (Å²) in [7, 11) is 3.81. The molecule has 146 valence electrons. The molecule has 0 unspecified atom stereocenters. The summed E-state index contributed by atoms with van der Waals surface area (Å²) in [5, 5.41) is 14.6. The minimum atomic E-state index is -0.499. The number of non-ortho nitro benzene ring substituents is 1. The molecule has 0 saturated heterocycles. The molecule has 1 amide bonds. The second kappa shape index (κ2) is 9.25. The second-order valence-electron chi connectivity index (χ2n) is 6.44. The average Bonchev–Trinajstić information content (AvgIpc) is 2.66. The van der Waals surface area contributed by atoms with Crippen molar-refractivity contribution >= 4 is 34.9 Å². The first kappa shape index (κ1) is 21.3. The number of nitro groups is 1. The number of rotatable bonds is 6. The van der Waals surface area contributed by atoms with Crippen molar-refractivity contribution in [2.75, 3.05) is 27.2 Å². The topological polar surface area (TPSA) is 88.4 Å². The minimum Gasteiger partial charge on any atom is -0.351 e. The van der Waals surface area contributed by atoms with E-state index in [0.717, 1.165) is 5.56 Å². The van der Waals surface area contributed by atoms with Gasteiger partial charge in [-0.2, -0.15) is 0 Å². The number of benzene rings is 2. The van der Waals surface area contributed by atoms with Gasteiger partial charge in [-0.25, -0.2) is 4.98 Å². The van der Waals surface area contributed by atoms with Crippen LogP contribution < -0.4 is 5.32 Å². The van der Waals surface area contributed by atoms with Gasteiger partial charge in [0.2, 0.25) is 0 Å². The predicted octanol–water partition coefficient (Wildman–Crippen LogP) is 3.52. The van der Waals surface area contributed by atoms with E-state index in [1.165, 1.54) is 12.1 Å². The number of likely N-dealkylation sites (N-methyl/N-ethyl adjacent to an activating group) is 1. The number of pyridine rings is 1. The fourth-order valence-electron chi connectivity index (χ4n) is 2.76. The summed E-state index contributed by atoms with van der Waals surface area (Å²) in [6, 6.07) is 15.9. The van der Waals surface area contributed by atoms with Crippen molar-refractivity contribution in [2.45, 2.75) is 0 Å². The molecule has 0 saturated carbocycles. The number of nitro benzene ring substituents is 1. The number of amides is 1. The number of fused-ring (bicyclic) bond motifs is 1. The number of hydrogen-bond donors (Lipinski definition) is 1. The van der Waals surface area contributed by atoms with Crippen LogP contribution in [0.5, 0.6) is 0 Å². The molecule has 28 heavy (non-hydrogen) atoms. The van der Waals surface area contributed by atoms with Gasteiger partial charge in [0, 0.05) is 36.2 Å². The van der Waals surface area contributed by atoms with Gasteiger partial charge in [0.15, 0.2) is 0 Å². The second-order valence-corrected chi connectivity index (χ2v) is 6.44. The first-order valence-electron chi connectivity index (χ1n) is 8.53. The number of aromatic nitrogens is 1. The van der Waals surface area contributed by atoms with E-state index in [4.69, 9.17) is 0 Å². The van der Waals surface area contributed by atoms with Gasteiger partial charge in [0.05, 0.1) is 21.7 Å². The molecule has 0 atom stereocenters. The summed E-state index contributed by atoms with van der Waals surface area (Å²) < 4.78 is 0. The number of halogens is 1. The first-order chi connectivity index (χ1) is 13.0. The zero-order chi connectivity index (χ0) is 19.4. The smallest absolute Gasteiger partial charge is 0.270 e. The highest BCUT2D eigenvalue weighted by Gasteiger charge is 2.18. The van der Waals surface area contributed by atoms with Crippen LogP contribution in [0.15, 0.2) is 54.6 Å². The molecular weight excluding hydrogens is 380 g/mol. The lowest BCUT2D eigenvalue weighted by atomic mass is 10.0. The van der Waals surface area contributed by atoms with Crippen LogP contribution in [0.25, 0.3) is 22.2 Å². The first-order valence-corrected chi connectivity index (χ1v) is 8.53. The molecule has 0 aliphatic rings. The predicted molar refractivity (Wildman–Crippen MR) is 112 cm³/mol. The molecule has 0 fully saturated rings. The van der Waals surface area contributed by atoms with Gasteiger partial charge in [-0.05, 0) is 20.2 Å². The summed E-state index contributed by atoms with van der Waals surface area (Å²) in [6.45, 7) is 1.11. The van der Waals surface area contributed by atoms with Gasteiger partial charge in [-0.15, -0.1) is 12.4 Å². The summed E-state index contributed by atoms with van der Waals surface area (Å²) >= 11 is 0. The van der Waals surface area contributed by atoms with Crippen LogP contribution in [0.2, 0.25) is 0 Å². The van der Waals surface area contributed by atoms with E-state index in [1.54, 1.807) is 12.1 Å². The minimum absolute atomic E-state index is 0. The molecule has 0 bridgehead atoms. The maximum atomic E-state index is 12.7. The van der Waals surface area contributed by atoms with E-state index in [1.807, 2.05) is 49.3 Å². The lowest BCUT2D eigenvalue weighted by Gasteiger charge is -2.12. The SMILES string of the molecule is CN(C)CCNC(=O)c1cc([N+](=O)[O-])cc2ccc(-c3ccccc3)nc12.Cl. The van der Waals surface area contributed by atoms with Gasteiger partial charge in [0.25, 0.3) is 11.6 Å². The highest BCUT2D eigenvalue weighted by atomic mass is 35.5. The number of nitrogens with one attached hydrogen (secondary N) is 1. The number of hydrogen-bond acceptors (Lipinski definition) is 5. The molecular formula is C20H21ClN4O3. The Morgan fingerprint density at radius 3 is 2.50 bits per heavy atom. The Balaban J connectivity index is 0.00000280. The zero-order valence-corrected chi connectivity index (χ0v) is 16.4. The fraction of sp³-hybridized carbons (Fsp3) is 0.200. The molecule has 1 N–H and O–H groups in total. The molecule has 1 heterocycles. The Morgan fingerprint density at radius 1 is 1.14 bits per heavy atom. The van der Waals surface area contributed by atoms with Crippen molar-refractivity contribution in [1.82, 2.24) is 15.2 Å². The van der Waals surface area contributed by atoms with Gasteiger partial charge >= 0.3 is 0 Å². The molecule has 3 aromatic rings. The molecule has 1 aromatic heterocycles. The van der Waals surface area contributed by atoms with E-state index in [0.29, 0.717) is 29.7 Å². The normalized spacial score (nSPS) is 10.5. The van der Waals surface area contributed by atoms with Crippen molar-refractivity contribution in [2.24, 2.45) is 0 Å². The third kappa shape index (κ3) is 4.82. The number of carbonyl (C=O) groups is 1. The highest BCUT2D eigenvalue weighted by molar-refractivity contribution is 6.07. The summed E-state index contributed by atoms with van der Waals surface area (Å²) in [5.41, 5.74) is 2.14. The standard InChI is InChI=1S/C20H20N4O3.ClH/c1-23(2)11-10-21-20(25)17-13-16(24(26)27)12-15-8-9-18(22-19(15)17)14-6-4-3-5-7-14;/h3-9,12-13H,10-11H2,1-2H3,(H,21,25);1H. The van der Waals surface area contributed by atoms with Crippen molar-refractivity contribution in [3.8, 4) is 11.3 Å². The maximum Gasteiger partial charge on any atom is 0.270 e. The van der Waals surface area contributed by atoms with E-state index < -0.39 is 4.92 Å². The Bertz CT molecular complexity index is 993. The maximum absolute atomic E-state index is 12.7. The monoisotopic (exact) mass is 400 g/mol. The van der Waals surface area contributed by atoms with Gasteiger partial charge in [0.1, 0.15) is 0 Å². The largest absolute Gasteiger partial charge is 0.351 e. The van der Waals surface area contributed by atoms with E-state index in [-0.39, 0.29) is 29.6 Å². The van der Waals surface area contributed by atoms with Crippen LogP contribution in [0.3, 0.4) is 0 Å². The van der Waals surface area contributed by atoms with Crippen LogP contribution in [-0.4, -0.2) is 47.9 Å².